The van der Waals surface area contributed by atoms with Gasteiger partial charge in [0.15, 0.2) is 0 Å². The number of rotatable bonds is 14. The van der Waals surface area contributed by atoms with E-state index in [0.29, 0.717) is 43.6 Å². The molecule has 0 aliphatic heterocycles. The predicted octanol–water partition coefficient (Wildman–Crippen LogP) is 4.65. The van der Waals surface area contributed by atoms with Crippen LogP contribution in [0.15, 0.2) is 0 Å². The maximum Gasteiger partial charge on any atom is 0.305 e. The van der Waals surface area contributed by atoms with Crippen LogP contribution in [-0.4, -0.2) is 34.7 Å². The van der Waals surface area contributed by atoms with Gasteiger partial charge in [-0.05, 0) is 62.7 Å². The van der Waals surface area contributed by atoms with Gasteiger partial charge in [-0.3, -0.25) is 14.4 Å². The van der Waals surface area contributed by atoms with Gasteiger partial charge in [-0.2, -0.15) is 0 Å². The second-order valence-electron chi connectivity index (χ2n) is 7.99. The number of carboxylic acids is 2. The lowest BCUT2D eigenvalue weighted by Crippen LogP contribution is -2.25. The molecule has 1 aliphatic carbocycles. The first-order chi connectivity index (χ1) is 12.9. The van der Waals surface area contributed by atoms with E-state index in [9.17, 15) is 14.4 Å². The molecule has 6 nitrogen and oxygen atoms in total. The molecular weight excluding hydrogens is 348 g/mol. The van der Waals surface area contributed by atoms with Crippen LogP contribution in [0, 0.1) is 17.8 Å². The minimum Gasteiger partial charge on any atom is -0.481 e. The standard InChI is InChI=1S/C21H36O6/c1-2-3-4-5-12-27-21(26)11-8-18-14-16(6-9-19(22)23)13-17(15-18)7-10-20(24)25/h16-18H,2-15H2,1H3,(H,22,23)(H,24,25). The average molecular weight is 385 g/mol. The molecule has 0 heterocycles. The Balaban J connectivity index is 2.39. The maximum absolute atomic E-state index is 11.9. The molecule has 0 spiro atoms. The number of esters is 1. The Hall–Kier alpha value is -1.59. The first kappa shape index (κ1) is 23.4. The molecule has 1 fully saturated rings. The molecule has 1 aliphatic rings. The summed E-state index contributed by atoms with van der Waals surface area (Å²) < 4.78 is 5.30. The lowest BCUT2D eigenvalue weighted by Gasteiger charge is -2.35. The molecule has 0 saturated heterocycles. The second kappa shape index (κ2) is 13.6. The summed E-state index contributed by atoms with van der Waals surface area (Å²) in [4.78, 5) is 33.7. The highest BCUT2D eigenvalue weighted by Gasteiger charge is 2.29. The Morgan fingerprint density at radius 3 is 1.70 bits per heavy atom. The Labute approximate surface area is 162 Å². The van der Waals surface area contributed by atoms with E-state index in [2.05, 4.69) is 6.92 Å². The van der Waals surface area contributed by atoms with Crippen molar-refractivity contribution in [1.82, 2.24) is 0 Å². The summed E-state index contributed by atoms with van der Waals surface area (Å²) in [6.45, 7) is 2.63. The van der Waals surface area contributed by atoms with Crippen molar-refractivity contribution in [2.75, 3.05) is 6.61 Å². The van der Waals surface area contributed by atoms with Crippen molar-refractivity contribution >= 4 is 17.9 Å². The summed E-state index contributed by atoms with van der Waals surface area (Å²) in [5.41, 5.74) is 0. The summed E-state index contributed by atoms with van der Waals surface area (Å²) in [6, 6.07) is 0. The summed E-state index contributed by atoms with van der Waals surface area (Å²) in [5.74, 6) is -0.755. The van der Waals surface area contributed by atoms with Crippen LogP contribution in [-0.2, 0) is 19.1 Å². The minimum atomic E-state index is -0.786. The van der Waals surface area contributed by atoms with E-state index in [0.717, 1.165) is 51.4 Å². The third-order valence-electron chi connectivity index (χ3n) is 5.55. The summed E-state index contributed by atoms with van der Waals surface area (Å²) >= 11 is 0. The van der Waals surface area contributed by atoms with Crippen LogP contribution in [0.2, 0.25) is 0 Å². The number of unbranched alkanes of at least 4 members (excludes halogenated alkanes) is 3. The molecule has 1 rings (SSSR count). The largest absolute Gasteiger partial charge is 0.481 e. The van der Waals surface area contributed by atoms with Gasteiger partial charge in [-0.1, -0.05) is 26.2 Å². The highest BCUT2D eigenvalue weighted by molar-refractivity contribution is 5.69. The molecule has 1 saturated carbocycles. The highest BCUT2D eigenvalue weighted by atomic mass is 16.5. The molecular formula is C21H36O6. The van der Waals surface area contributed by atoms with E-state index in [1.807, 2.05) is 0 Å². The number of hydrogen-bond donors (Lipinski definition) is 2. The number of aliphatic carboxylic acids is 2. The predicted molar refractivity (Wildman–Crippen MR) is 102 cm³/mol. The normalized spacial score (nSPS) is 22.3. The molecule has 2 N–H and O–H groups in total. The molecule has 0 aromatic heterocycles. The molecule has 27 heavy (non-hydrogen) atoms. The fourth-order valence-electron chi connectivity index (χ4n) is 4.17. The van der Waals surface area contributed by atoms with Gasteiger partial charge in [0.25, 0.3) is 0 Å². The molecule has 156 valence electrons. The van der Waals surface area contributed by atoms with E-state index in [1.54, 1.807) is 0 Å². The third kappa shape index (κ3) is 11.7. The van der Waals surface area contributed by atoms with Gasteiger partial charge < -0.3 is 14.9 Å². The van der Waals surface area contributed by atoms with Crippen LogP contribution >= 0.6 is 0 Å². The van der Waals surface area contributed by atoms with Gasteiger partial charge in [0, 0.05) is 19.3 Å². The van der Waals surface area contributed by atoms with E-state index in [-0.39, 0.29) is 18.8 Å². The van der Waals surface area contributed by atoms with Crippen molar-refractivity contribution in [3.63, 3.8) is 0 Å². The molecule has 2 unspecified atom stereocenters. The average Bonchev–Trinajstić information content (AvgIpc) is 2.63. The van der Waals surface area contributed by atoms with Crippen LogP contribution in [0.4, 0.5) is 0 Å². The van der Waals surface area contributed by atoms with Gasteiger partial charge in [0.05, 0.1) is 6.61 Å². The van der Waals surface area contributed by atoms with Crippen molar-refractivity contribution in [2.24, 2.45) is 17.8 Å². The summed E-state index contributed by atoms with van der Waals surface area (Å²) in [6.07, 6.45) is 9.81. The Bertz CT molecular complexity index is 436. The molecule has 0 aromatic carbocycles. The third-order valence-corrected chi connectivity index (χ3v) is 5.55. The van der Waals surface area contributed by atoms with Crippen molar-refractivity contribution in [2.45, 2.75) is 90.4 Å². The number of carbonyl (C=O) groups is 3. The van der Waals surface area contributed by atoms with Crippen molar-refractivity contribution in [1.29, 1.82) is 0 Å². The number of ether oxygens (including phenoxy) is 1. The quantitative estimate of drug-likeness (QED) is 0.334. The van der Waals surface area contributed by atoms with Gasteiger partial charge >= 0.3 is 17.9 Å². The summed E-state index contributed by atoms with van der Waals surface area (Å²) in [5, 5.41) is 17.9. The molecule has 0 amide bonds. The zero-order valence-corrected chi connectivity index (χ0v) is 16.7. The van der Waals surface area contributed by atoms with E-state index in [4.69, 9.17) is 14.9 Å². The van der Waals surface area contributed by atoms with Crippen LogP contribution < -0.4 is 0 Å². The summed E-state index contributed by atoms with van der Waals surface area (Å²) in [7, 11) is 0. The monoisotopic (exact) mass is 384 g/mol. The molecule has 6 heteroatoms. The van der Waals surface area contributed by atoms with Crippen LogP contribution in [0.25, 0.3) is 0 Å². The van der Waals surface area contributed by atoms with E-state index >= 15 is 0 Å². The fourth-order valence-corrected chi connectivity index (χ4v) is 4.17. The topological polar surface area (TPSA) is 101 Å². The fraction of sp³-hybridized carbons (Fsp3) is 0.857. The Morgan fingerprint density at radius 2 is 1.26 bits per heavy atom. The SMILES string of the molecule is CCCCCCOC(=O)CCC1CC(CCC(=O)O)CC(CCC(=O)O)C1. The molecule has 2 atom stereocenters. The number of carbonyl (C=O) groups excluding carboxylic acids is 1. The zero-order valence-electron chi connectivity index (χ0n) is 16.7. The highest BCUT2D eigenvalue weighted by Crippen LogP contribution is 2.39. The van der Waals surface area contributed by atoms with Crippen molar-refractivity contribution in [3.05, 3.63) is 0 Å². The van der Waals surface area contributed by atoms with E-state index in [1.165, 1.54) is 0 Å². The van der Waals surface area contributed by atoms with E-state index < -0.39 is 11.9 Å². The van der Waals surface area contributed by atoms with Crippen molar-refractivity contribution in [3.8, 4) is 0 Å². The molecule has 0 aromatic rings. The zero-order chi connectivity index (χ0) is 20.1. The van der Waals surface area contributed by atoms with Gasteiger partial charge in [-0.25, -0.2) is 0 Å². The lowest BCUT2D eigenvalue weighted by atomic mass is 9.71. The maximum atomic E-state index is 11.9. The second-order valence-corrected chi connectivity index (χ2v) is 7.99. The number of carboxylic acid groups (broad SMARTS) is 2. The van der Waals surface area contributed by atoms with Gasteiger partial charge in [0.1, 0.15) is 0 Å². The molecule has 0 radical (unpaired) electrons. The van der Waals surface area contributed by atoms with Gasteiger partial charge in [0.2, 0.25) is 0 Å². The number of hydrogen-bond acceptors (Lipinski definition) is 4. The smallest absolute Gasteiger partial charge is 0.305 e. The Morgan fingerprint density at radius 1 is 0.778 bits per heavy atom. The van der Waals surface area contributed by atoms with Crippen LogP contribution in [0.3, 0.4) is 0 Å². The van der Waals surface area contributed by atoms with Gasteiger partial charge in [-0.15, -0.1) is 0 Å². The molecule has 0 bridgehead atoms. The van der Waals surface area contributed by atoms with Crippen molar-refractivity contribution < 1.29 is 29.3 Å². The minimum absolute atomic E-state index is 0.152. The first-order valence-electron chi connectivity index (χ1n) is 10.5. The van der Waals surface area contributed by atoms with Crippen LogP contribution in [0.5, 0.6) is 0 Å². The van der Waals surface area contributed by atoms with Crippen LogP contribution in [0.1, 0.15) is 90.4 Å². The Kier molecular flexibility index (Phi) is 11.8. The first-order valence-corrected chi connectivity index (χ1v) is 10.5. The lowest BCUT2D eigenvalue weighted by molar-refractivity contribution is -0.144.